The van der Waals surface area contributed by atoms with Crippen LogP contribution >= 0.6 is 0 Å². The topological polar surface area (TPSA) is 106 Å². The highest BCUT2D eigenvalue weighted by Crippen LogP contribution is 2.29. The van der Waals surface area contributed by atoms with E-state index in [0.717, 1.165) is 35.3 Å². The Morgan fingerprint density at radius 1 is 1.00 bits per heavy atom. The van der Waals surface area contributed by atoms with Gasteiger partial charge in [-0.05, 0) is 48.7 Å². The van der Waals surface area contributed by atoms with Gasteiger partial charge in [0.05, 0.1) is 11.9 Å². The van der Waals surface area contributed by atoms with E-state index in [1.807, 2.05) is 30.6 Å². The Bertz CT molecular complexity index is 1420. The second kappa shape index (κ2) is 8.83. The molecule has 5 rings (SSSR count). The Balaban J connectivity index is 1.43. The van der Waals surface area contributed by atoms with Gasteiger partial charge in [-0.1, -0.05) is 30.3 Å². The average Bonchev–Trinajstić information content (AvgIpc) is 3.22. The third-order valence-corrected chi connectivity index (χ3v) is 7.03. The van der Waals surface area contributed by atoms with Gasteiger partial charge in [0.2, 0.25) is 10.0 Å². The summed E-state index contributed by atoms with van der Waals surface area (Å²) >= 11 is 0. The van der Waals surface area contributed by atoms with E-state index >= 15 is 0 Å². The molecule has 0 bridgehead atoms. The maximum atomic E-state index is 11.5. The number of primary sulfonamides is 1. The molecule has 1 saturated heterocycles. The molecule has 1 aliphatic heterocycles. The van der Waals surface area contributed by atoms with Gasteiger partial charge in [-0.25, -0.2) is 23.1 Å². The molecule has 0 amide bonds. The number of fused-ring (bicyclic) bond motifs is 1. The molecular weight excluding hydrogens is 448 g/mol. The van der Waals surface area contributed by atoms with Crippen LogP contribution in [0.2, 0.25) is 0 Å². The van der Waals surface area contributed by atoms with Gasteiger partial charge >= 0.3 is 0 Å². The zero-order chi connectivity index (χ0) is 23.9. The van der Waals surface area contributed by atoms with Crippen LogP contribution in [-0.4, -0.2) is 48.2 Å². The van der Waals surface area contributed by atoms with Crippen LogP contribution in [0, 0.1) is 0 Å². The van der Waals surface area contributed by atoms with Crippen LogP contribution in [0.4, 0.5) is 5.69 Å². The molecule has 4 aromatic rings. The standard InChI is InChI=1S/C25H28N6O2S/c1-17-11-27-12-18(2)31(17)23-8-6-20(7-9-23)22-13-28-25-24(14-29-30(25)15-22)21-5-3-4-19(10-21)16-34(26,32)33/h3-10,13-15,17-18,27H,11-12,16H2,1-2H3,(H2,26,32,33)/t17-,18+. The summed E-state index contributed by atoms with van der Waals surface area (Å²) in [6.07, 6.45) is 5.56. The highest BCUT2D eigenvalue weighted by molar-refractivity contribution is 7.88. The normalized spacial score (nSPS) is 19.0. The molecule has 1 fully saturated rings. The van der Waals surface area contributed by atoms with Crippen LogP contribution < -0.4 is 15.4 Å². The summed E-state index contributed by atoms with van der Waals surface area (Å²) < 4.78 is 24.7. The lowest BCUT2D eigenvalue weighted by atomic mass is 10.0. The van der Waals surface area contributed by atoms with Gasteiger partial charge in [-0.2, -0.15) is 5.10 Å². The molecule has 2 aromatic carbocycles. The average molecular weight is 477 g/mol. The highest BCUT2D eigenvalue weighted by atomic mass is 32.2. The summed E-state index contributed by atoms with van der Waals surface area (Å²) in [4.78, 5) is 7.14. The lowest BCUT2D eigenvalue weighted by Gasteiger charge is -2.41. The molecule has 0 radical (unpaired) electrons. The Labute approximate surface area is 199 Å². The van der Waals surface area contributed by atoms with Gasteiger partial charge in [-0.15, -0.1) is 0 Å². The van der Waals surface area contributed by atoms with Crippen molar-refractivity contribution in [3.8, 4) is 22.3 Å². The molecule has 0 spiro atoms. The minimum absolute atomic E-state index is 0.209. The van der Waals surface area contributed by atoms with Crippen molar-refractivity contribution >= 4 is 21.4 Å². The first-order chi connectivity index (χ1) is 16.3. The summed E-state index contributed by atoms with van der Waals surface area (Å²) in [5.41, 5.74) is 6.28. The number of hydrogen-bond donors (Lipinski definition) is 2. The summed E-state index contributed by atoms with van der Waals surface area (Å²) in [7, 11) is -3.60. The molecule has 8 nitrogen and oxygen atoms in total. The van der Waals surface area contributed by atoms with Crippen LogP contribution in [-0.2, 0) is 15.8 Å². The number of hydrogen-bond acceptors (Lipinski definition) is 6. The molecule has 3 N–H and O–H groups in total. The van der Waals surface area contributed by atoms with E-state index in [-0.39, 0.29) is 5.75 Å². The fourth-order valence-electron chi connectivity index (χ4n) is 4.76. The summed E-state index contributed by atoms with van der Waals surface area (Å²) in [5, 5.41) is 13.2. The van der Waals surface area contributed by atoms with E-state index in [0.29, 0.717) is 23.3 Å². The second-order valence-electron chi connectivity index (χ2n) is 8.99. The first-order valence-corrected chi connectivity index (χ1v) is 13.0. The van der Waals surface area contributed by atoms with Crippen molar-refractivity contribution in [1.29, 1.82) is 0 Å². The Kier molecular flexibility index (Phi) is 5.85. The lowest BCUT2D eigenvalue weighted by Crippen LogP contribution is -2.55. The quantitative estimate of drug-likeness (QED) is 0.459. The van der Waals surface area contributed by atoms with Gasteiger partial charge in [0.1, 0.15) is 0 Å². The number of anilines is 1. The molecule has 9 heteroatoms. The van der Waals surface area contributed by atoms with Crippen LogP contribution in [0.3, 0.4) is 0 Å². The SMILES string of the molecule is C[C@@H]1CNC[C@H](C)N1c1ccc(-c2cnc3c(-c4cccc(CS(N)(=O)=O)c4)cnn3c2)cc1. The van der Waals surface area contributed by atoms with E-state index in [1.54, 1.807) is 16.8 Å². The van der Waals surface area contributed by atoms with E-state index in [1.165, 1.54) is 5.69 Å². The first kappa shape index (κ1) is 22.5. The van der Waals surface area contributed by atoms with Crippen molar-refractivity contribution in [3.05, 3.63) is 72.7 Å². The molecule has 2 aromatic heterocycles. The number of aromatic nitrogens is 3. The van der Waals surface area contributed by atoms with Crippen LogP contribution in [0.15, 0.2) is 67.1 Å². The van der Waals surface area contributed by atoms with Gasteiger partial charge in [0.25, 0.3) is 0 Å². The number of piperazine rings is 1. The number of sulfonamides is 1. The number of nitrogens with one attached hydrogen (secondary N) is 1. The van der Waals surface area contributed by atoms with Gasteiger partial charge in [0.15, 0.2) is 5.65 Å². The number of benzene rings is 2. The fraction of sp³-hybridized carbons (Fsp3) is 0.280. The van der Waals surface area contributed by atoms with Crippen LogP contribution in [0.25, 0.3) is 27.9 Å². The monoisotopic (exact) mass is 476 g/mol. The van der Waals surface area contributed by atoms with Crippen molar-refractivity contribution in [2.75, 3.05) is 18.0 Å². The van der Waals surface area contributed by atoms with Crippen molar-refractivity contribution in [3.63, 3.8) is 0 Å². The summed E-state index contributed by atoms with van der Waals surface area (Å²) in [6.45, 7) is 6.46. The molecule has 2 atom stereocenters. The largest absolute Gasteiger partial charge is 0.364 e. The zero-order valence-corrected chi connectivity index (χ0v) is 20.0. The number of nitrogens with two attached hydrogens (primary N) is 1. The summed E-state index contributed by atoms with van der Waals surface area (Å²) in [6, 6.07) is 16.8. The van der Waals surface area contributed by atoms with E-state index in [4.69, 9.17) is 5.14 Å². The maximum Gasteiger partial charge on any atom is 0.213 e. The molecule has 176 valence electrons. The molecule has 3 heterocycles. The number of rotatable bonds is 5. The van der Waals surface area contributed by atoms with Crippen molar-refractivity contribution in [1.82, 2.24) is 19.9 Å². The Morgan fingerprint density at radius 3 is 2.44 bits per heavy atom. The van der Waals surface area contributed by atoms with Gasteiger partial charge < -0.3 is 10.2 Å². The maximum absolute atomic E-state index is 11.5. The highest BCUT2D eigenvalue weighted by Gasteiger charge is 2.24. The van der Waals surface area contributed by atoms with Gasteiger partial charge in [-0.3, -0.25) is 0 Å². The molecule has 1 aliphatic rings. The predicted octanol–water partition coefficient (Wildman–Crippen LogP) is 3.04. The smallest absolute Gasteiger partial charge is 0.213 e. The van der Waals surface area contributed by atoms with E-state index in [9.17, 15) is 8.42 Å². The molecule has 34 heavy (non-hydrogen) atoms. The zero-order valence-electron chi connectivity index (χ0n) is 19.2. The predicted molar refractivity (Wildman–Crippen MR) is 135 cm³/mol. The van der Waals surface area contributed by atoms with Crippen LogP contribution in [0.1, 0.15) is 19.4 Å². The van der Waals surface area contributed by atoms with E-state index < -0.39 is 10.0 Å². The van der Waals surface area contributed by atoms with Crippen molar-refractivity contribution in [2.45, 2.75) is 31.7 Å². The first-order valence-electron chi connectivity index (χ1n) is 11.3. The Morgan fingerprint density at radius 2 is 1.74 bits per heavy atom. The van der Waals surface area contributed by atoms with Crippen LogP contribution in [0.5, 0.6) is 0 Å². The van der Waals surface area contributed by atoms with Crippen molar-refractivity contribution in [2.24, 2.45) is 5.14 Å². The second-order valence-corrected chi connectivity index (χ2v) is 10.6. The molecule has 0 saturated carbocycles. The third-order valence-electron chi connectivity index (χ3n) is 6.29. The Hall–Kier alpha value is -3.27. The van der Waals surface area contributed by atoms with Gasteiger partial charge in [0, 0.05) is 54.4 Å². The lowest BCUT2D eigenvalue weighted by molar-refractivity contribution is 0.432. The molecular formula is C25H28N6O2S. The third kappa shape index (κ3) is 4.54. The summed E-state index contributed by atoms with van der Waals surface area (Å²) in [5.74, 6) is -0.209. The van der Waals surface area contributed by atoms with Crippen molar-refractivity contribution < 1.29 is 8.42 Å². The minimum atomic E-state index is -3.60. The number of nitrogens with zero attached hydrogens (tertiary/aromatic N) is 4. The minimum Gasteiger partial charge on any atom is -0.364 e. The molecule has 0 unspecified atom stereocenters. The van der Waals surface area contributed by atoms with E-state index in [2.05, 4.69) is 58.4 Å². The fourth-order valence-corrected chi connectivity index (χ4v) is 5.40. The molecule has 0 aliphatic carbocycles.